The molecule has 2 heterocycles. The number of nitrogens with two attached hydrogens (primary N) is 1. The average molecular weight is 427 g/mol. The quantitative estimate of drug-likeness (QED) is 0.660. The van der Waals surface area contributed by atoms with Gasteiger partial charge in [-0.05, 0) is 33.3 Å². The van der Waals surface area contributed by atoms with Crippen LogP contribution in [0.2, 0.25) is 5.02 Å². The maximum absolute atomic E-state index is 12.7. The minimum absolute atomic E-state index is 0.148. The van der Waals surface area contributed by atoms with Gasteiger partial charge in [-0.15, -0.1) is 11.3 Å². The zero-order valence-corrected chi connectivity index (χ0v) is 18.0. The third kappa shape index (κ3) is 4.36. The second kappa shape index (κ2) is 8.74. The number of anilines is 1. The first-order valence-corrected chi connectivity index (χ1v) is 9.88. The number of esters is 1. The minimum Gasteiger partial charge on any atom is -0.462 e. The summed E-state index contributed by atoms with van der Waals surface area (Å²) in [6, 6.07) is 0. The fourth-order valence-electron chi connectivity index (χ4n) is 2.72. The van der Waals surface area contributed by atoms with Crippen LogP contribution in [0.4, 0.5) is 5.00 Å². The summed E-state index contributed by atoms with van der Waals surface area (Å²) in [5.41, 5.74) is 7.38. The Hall–Kier alpha value is -2.39. The van der Waals surface area contributed by atoms with Crippen LogP contribution in [0.25, 0.3) is 0 Å². The van der Waals surface area contributed by atoms with Crippen LogP contribution in [-0.2, 0) is 16.1 Å². The van der Waals surface area contributed by atoms with Crippen molar-refractivity contribution in [2.45, 2.75) is 41.2 Å². The second-order valence-corrected chi connectivity index (χ2v) is 7.80. The van der Waals surface area contributed by atoms with Crippen LogP contribution in [0.3, 0.4) is 0 Å². The summed E-state index contributed by atoms with van der Waals surface area (Å²) in [7, 11) is 0. The zero-order chi connectivity index (χ0) is 21.2. The van der Waals surface area contributed by atoms with Crippen LogP contribution in [0, 0.1) is 26.7 Å². The molecule has 2 aromatic heterocycles. The Morgan fingerprint density at radius 3 is 2.46 bits per heavy atom. The number of hydrogen-bond acceptors (Lipinski definition) is 6. The van der Waals surface area contributed by atoms with E-state index < -0.39 is 17.8 Å². The maximum Gasteiger partial charge on any atom is 0.341 e. The molecule has 0 saturated carbocycles. The van der Waals surface area contributed by atoms with Gasteiger partial charge in [0.15, 0.2) is 0 Å². The minimum atomic E-state index is -0.668. The van der Waals surface area contributed by atoms with Gasteiger partial charge in [0.25, 0.3) is 5.91 Å². The number of primary amides is 1. The van der Waals surface area contributed by atoms with E-state index in [2.05, 4.69) is 10.4 Å². The highest BCUT2D eigenvalue weighted by Crippen LogP contribution is 2.34. The van der Waals surface area contributed by atoms with Crippen molar-refractivity contribution in [2.75, 3.05) is 11.9 Å². The van der Waals surface area contributed by atoms with Crippen molar-refractivity contribution < 1.29 is 19.1 Å². The lowest BCUT2D eigenvalue weighted by molar-refractivity contribution is -0.119. The summed E-state index contributed by atoms with van der Waals surface area (Å²) in [5.74, 6) is -2.08. The molecule has 152 valence electrons. The molecular weight excluding hydrogens is 404 g/mol. The normalized spacial score (nSPS) is 11.9. The molecule has 3 N–H and O–H groups in total. The first-order valence-electron chi connectivity index (χ1n) is 8.69. The van der Waals surface area contributed by atoms with Crippen LogP contribution in [0.5, 0.6) is 0 Å². The first kappa shape index (κ1) is 21.9. The predicted octanol–water partition coefficient (Wildman–Crippen LogP) is 3.07. The topological polar surface area (TPSA) is 116 Å². The fraction of sp³-hybridized carbons (Fsp3) is 0.444. The van der Waals surface area contributed by atoms with Crippen molar-refractivity contribution in [1.29, 1.82) is 0 Å². The third-order valence-electron chi connectivity index (χ3n) is 4.27. The number of aryl methyl sites for hydroxylation is 1. The average Bonchev–Trinajstić information content (AvgIpc) is 3.06. The second-order valence-electron chi connectivity index (χ2n) is 6.40. The molecule has 2 rings (SSSR count). The van der Waals surface area contributed by atoms with E-state index in [1.54, 1.807) is 32.4 Å². The summed E-state index contributed by atoms with van der Waals surface area (Å²) >= 11 is 7.11. The Morgan fingerprint density at radius 2 is 1.96 bits per heavy atom. The van der Waals surface area contributed by atoms with Crippen molar-refractivity contribution >= 4 is 45.7 Å². The van der Waals surface area contributed by atoms with Gasteiger partial charge in [0.05, 0.1) is 45.9 Å². The molecule has 0 bridgehead atoms. The molecule has 0 aliphatic rings. The zero-order valence-electron chi connectivity index (χ0n) is 16.4. The molecule has 0 aliphatic heterocycles. The number of hydrogen-bond donors (Lipinski definition) is 2. The van der Waals surface area contributed by atoms with Gasteiger partial charge in [-0.1, -0.05) is 18.5 Å². The lowest BCUT2D eigenvalue weighted by atomic mass is 10.1. The van der Waals surface area contributed by atoms with Crippen LogP contribution < -0.4 is 11.1 Å². The van der Waals surface area contributed by atoms with Gasteiger partial charge in [-0.2, -0.15) is 5.10 Å². The molecule has 1 unspecified atom stereocenters. The monoisotopic (exact) mass is 426 g/mol. The Morgan fingerprint density at radius 1 is 1.32 bits per heavy atom. The van der Waals surface area contributed by atoms with E-state index >= 15 is 0 Å². The third-order valence-corrected chi connectivity index (χ3v) is 6.04. The largest absolute Gasteiger partial charge is 0.462 e. The van der Waals surface area contributed by atoms with E-state index in [1.165, 1.54) is 0 Å². The molecule has 0 aliphatic carbocycles. The van der Waals surface area contributed by atoms with Gasteiger partial charge >= 0.3 is 5.97 Å². The Balaban J connectivity index is 2.26. The molecule has 2 amide bonds. The Kier molecular flexibility index (Phi) is 6.84. The summed E-state index contributed by atoms with van der Waals surface area (Å²) in [4.78, 5) is 36.8. The number of carbonyl (C=O) groups is 3. The van der Waals surface area contributed by atoms with Crippen LogP contribution in [-0.4, -0.2) is 34.2 Å². The summed E-state index contributed by atoms with van der Waals surface area (Å²) in [6.45, 7) is 9.11. The van der Waals surface area contributed by atoms with Crippen LogP contribution in [0.1, 0.15) is 50.8 Å². The number of carbonyl (C=O) groups excluding carboxylic acids is 3. The number of halogens is 1. The van der Waals surface area contributed by atoms with E-state index in [0.717, 1.165) is 17.0 Å². The fourth-order valence-corrected chi connectivity index (χ4v) is 3.90. The van der Waals surface area contributed by atoms with Gasteiger partial charge < -0.3 is 15.8 Å². The van der Waals surface area contributed by atoms with Gasteiger partial charge in [0.2, 0.25) is 5.91 Å². The summed E-state index contributed by atoms with van der Waals surface area (Å²) < 4.78 is 6.72. The van der Waals surface area contributed by atoms with Crippen LogP contribution >= 0.6 is 22.9 Å². The molecule has 1 atom stereocenters. The molecular formula is C18H23ClN4O4S. The van der Waals surface area contributed by atoms with E-state index in [4.69, 9.17) is 22.1 Å². The lowest BCUT2D eigenvalue weighted by Gasteiger charge is -2.13. The van der Waals surface area contributed by atoms with Gasteiger partial charge in [-0.3, -0.25) is 14.3 Å². The Labute approximate surface area is 172 Å². The highest BCUT2D eigenvalue weighted by atomic mass is 35.5. The number of aromatic nitrogens is 2. The summed E-state index contributed by atoms with van der Waals surface area (Å²) in [5, 5.41) is 7.86. The van der Waals surface area contributed by atoms with E-state index in [0.29, 0.717) is 22.8 Å². The smallest absolute Gasteiger partial charge is 0.341 e. The van der Waals surface area contributed by atoms with Gasteiger partial charge in [0.1, 0.15) is 5.00 Å². The summed E-state index contributed by atoms with van der Waals surface area (Å²) in [6.07, 6.45) is 0. The van der Waals surface area contributed by atoms with E-state index in [1.807, 2.05) is 6.92 Å². The predicted molar refractivity (Wildman–Crippen MR) is 108 cm³/mol. The molecule has 10 heteroatoms. The SMILES string of the molecule is CCOC(=O)c1c(NC(=O)C(C)Cn2nc(C)c(Cl)c2C)sc(C(N)=O)c1C. The molecule has 0 saturated heterocycles. The molecule has 0 radical (unpaired) electrons. The molecule has 0 fully saturated rings. The lowest BCUT2D eigenvalue weighted by Crippen LogP contribution is -2.25. The molecule has 8 nitrogen and oxygen atoms in total. The number of nitrogens with zero attached hydrogens (tertiary/aromatic N) is 2. The highest BCUT2D eigenvalue weighted by Gasteiger charge is 2.27. The van der Waals surface area contributed by atoms with Crippen molar-refractivity contribution in [1.82, 2.24) is 9.78 Å². The molecule has 0 spiro atoms. The number of rotatable bonds is 7. The van der Waals surface area contributed by atoms with E-state index in [-0.39, 0.29) is 28.0 Å². The number of ether oxygens (including phenoxy) is 1. The highest BCUT2D eigenvalue weighted by molar-refractivity contribution is 7.18. The standard InChI is InChI=1S/C18H23ClN4O4S/c1-6-27-18(26)12-9(3)14(15(20)24)28-17(12)21-16(25)8(2)7-23-11(5)13(19)10(4)22-23/h8H,6-7H2,1-5H3,(H2,20,24)(H,21,25). The number of nitrogens with one attached hydrogen (secondary N) is 1. The van der Waals surface area contributed by atoms with E-state index in [9.17, 15) is 14.4 Å². The maximum atomic E-state index is 12.7. The van der Waals surface area contributed by atoms with Gasteiger partial charge in [0, 0.05) is 0 Å². The van der Waals surface area contributed by atoms with Crippen LogP contribution in [0.15, 0.2) is 0 Å². The van der Waals surface area contributed by atoms with Gasteiger partial charge in [-0.25, -0.2) is 4.79 Å². The molecule has 2 aromatic rings. The molecule has 0 aromatic carbocycles. The Bertz CT molecular complexity index is 935. The van der Waals surface area contributed by atoms with Crippen molar-refractivity contribution in [3.63, 3.8) is 0 Å². The number of thiophene rings is 1. The van der Waals surface area contributed by atoms with Crippen molar-refractivity contribution in [2.24, 2.45) is 11.7 Å². The first-order chi connectivity index (χ1) is 13.1. The molecule has 28 heavy (non-hydrogen) atoms. The number of amides is 2. The van der Waals surface area contributed by atoms with Crippen molar-refractivity contribution in [3.8, 4) is 0 Å². The van der Waals surface area contributed by atoms with Crippen molar-refractivity contribution in [3.05, 3.63) is 32.4 Å².